The molecule has 3 N–H and O–H groups in total. The molecule has 2 aromatic carbocycles. The standard InChI is InChI=1S/C18H18BrF3N2O3/c1-11-2-4-16(14(19)8-11)24-17(26)10-23-15-5-3-12(27-7-6-25)9-13(15)18(20,21)22/h2-5,8-9,23,25H,6-7,10H2,1H3,(H,24,26). The van der Waals surface area contributed by atoms with Gasteiger partial charge in [0.1, 0.15) is 12.4 Å². The lowest BCUT2D eigenvalue weighted by molar-refractivity contribution is -0.137. The van der Waals surface area contributed by atoms with E-state index in [-0.39, 0.29) is 31.2 Å². The SMILES string of the molecule is Cc1ccc(NC(=O)CNc2ccc(OCCO)cc2C(F)(F)F)c(Br)c1. The van der Waals surface area contributed by atoms with Gasteiger partial charge in [-0.25, -0.2) is 0 Å². The Morgan fingerprint density at radius 1 is 1.19 bits per heavy atom. The molecular weight excluding hydrogens is 429 g/mol. The summed E-state index contributed by atoms with van der Waals surface area (Å²) in [5.41, 5.74) is 0.326. The fraction of sp³-hybridized carbons (Fsp3) is 0.278. The minimum atomic E-state index is -4.63. The zero-order valence-corrected chi connectivity index (χ0v) is 15.9. The van der Waals surface area contributed by atoms with Crippen molar-refractivity contribution in [3.05, 3.63) is 52.0 Å². The third-order valence-electron chi connectivity index (χ3n) is 3.49. The van der Waals surface area contributed by atoms with Crippen LogP contribution in [0.25, 0.3) is 0 Å². The number of hydrogen-bond acceptors (Lipinski definition) is 4. The Morgan fingerprint density at radius 2 is 1.89 bits per heavy atom. The highest BCUT2D eigenvalue weighted by molar-refractivity contribution is 9.10. The quantitative estimate of drug-likeness (QED) is 0.595. The number of carbonyl (C=O) groups excluding carboxylic acids is 1. The molecule has 2 rings (SSSR count). The number of carbonyl (C=O) groups is 1. The van der Waals surface area contributed by atoms with Crippen molar-refractivity contribution in [3.63, 3.8) is 0 Å². The van der Waals surface area contributed by atoms with Crippen molar-refractivity contribution in [3.8, 4) is 5.75 Å². The second-order valence-electron chi connectivity index (χ2n) is 5.66. The fourth-order valence-corrected chi connectivity index (χ4v) is 2.85. The highest BCUT2D eigenvalue weighted by atomic mass is 79.9. The molecule has 0 bridgehead atoms. The first-order valence-corrected chi connectivity index (χ1v) is 8.75. The first kappa shape index (κ1) is 21.0. The maximum atomic E-state index is 13.3. The predicted octanol–water partition coefficient (Wildman–Crippen LogP) is 4.20. The van der Waals surface area contributed by atoms with Gasteiger partial charge in [-0.3, -0.25) is 4.79 Å². The fourth-order valence-electron chi connectivity index (χ4n) is 2.26. The largest absolute Gasteiger partial charge is 0.491 e. The molecule has 0 saturated carbocycles. The Labute approximate surface area is 162 Å². The summed E-state index contributed by atoms with van der Waals surface area (Å²) in [5.74, 6) is -0.511. The summed E-state index contributed by atoms with van der Waals surface area (Å²) in [6, 6.07) is 8.67. The molecule has 0 aliphatic heterocycles. The monoisotopic (exact) mass is 446 g/mol. The van der Waals surface area contributed by atoms with Crippen molar-refractivity contribution < 1.29 is 27.8 Å². The molecule has 1 amide bonds. The Balaban J connectivity index is 2.08. The molecule has 0 spiro atoms. The van der Waals surface area contributed by atoms with E-state index in [2.05, 4.69) is 26.6 Å². The highest BCUT2D eigenvalue weighted by Crippen LogP contribution is 2.37. The summed E-state index contributed by atoms with van der Waals surface area (Å²) in [7, 11) is 0. The molecule has 27 heavy (non-hydrogen) atoms. The van der Waals surface area contributed by atoms with Crippen LogP contribution in [0.2, 0.25) is 0 Å². The summed E-state index contributed by atoms with van der Waals surface area (Å²) in [4.78, 5) is 12.1. The van der Waals surface area contributed by atoms with E-state index in [9.17, 15) is 18.0 Å². The Bertz CT molecular complexity index is 813. The molecule has 0 saturated heterocycles. The van der Waals surface area contributed by atoms with Crippen LogP contribution in [-0.2, 0) is 11.0 Å². The number of nitrogens with one attached hydrogen (secondary N) is 2. The second-order valence-corrected chi connectivity index (χ2v) is 6.52. The number of benzene rings is 2. The Hall–Kier alpha value is -2.26. The van der Waals surface area contributed by atoms with Gasteiger partial charge in [0.2, 0.25) is 5.91 Å². The molecular formula is C18H18BrF3N2O3. The molecule has 0 aliphatic rings. The summed E-state index contributed by atoms with van der Waals surface area (Å²) < 4.78 is 45.5. The normalized spacial score (nSPS) is 11.2. The topological polar surface area (TPSA) is 70.6 Å². The van der Waals surface area contributed by atoms with Crippen LogP contribution in [0, 0.1) is 6.92 Å². The van der Waals surface area contributed by atoms with E-state index in [1.165, 1.54) is 12.1 Å². The van der Waals surface area contributed by atoms with Crippen molar-refractivity contribution in [2.45, 2.75) is 13.1 Å². The first-order chi connectivity index (χ1) is 12.7. The molecule has 0 aromatic heterocycles. The molecule has 0 aliphatic carbocycles. The number of halogens is 4. The van der Waals surface area contributed by atoms with Crippen LogP contribution in [-0.4, -0.2) is 30.8 Å². The summed E-state index contributed by atoms with van der Waals surface area (Å²) in [5, 5.41) is 13.8. The van der Waals surface area contributed by atoms with Crippen molar-refractivity contribution in [2.75, 3.05) is 30.4 Å². The van der Waals surface area contributed by atoms with E-state index in [0.717, 1.165) is 11.6 Å². The number of ether oxygens (including phenoxy) is 1. The minimum Gasteiger partial charge on any atom is -0.491 e. The van der Waals surface area contributed by atoms with Gasteiger partial charge in [0.05, 0.1) is 24.4 Å². The summed E-state index contributed by atoms with van der Waals surface area (Å²) >= 11 is 3.32. The van der Waals surface area contributed by atoms with Crippen molar-refractivity contribution in [1.29, 1.82) is 0 Å². The van der Waals surface area contributed by atoms with Gasteiger partial charge in [0.15, 0.2) is 0 Å². The smallest absolute Gasteiger partial charge is 0.418 e. The zero-order valence-electron chi connectivity index (χ0n) is 14.4. The van der Waals surface area contributed by atoms with Crippen LogP contribution in [0.5, 0.6) is 5.75 Å². The number of anilines is 2. The Morgan fingerprint density at radius 3 is 2.52 bits per heavy atom. The number of aliphatic hydroxyl groups is 1. The van der Waals surface area contributed by atoms with Gasteiger partial charge in [-0.15, -0.1) is 0 Å². The number of aryl methyl sites for hydroxylation is 1. The molecule has 0 radical (unpaired) electrons. The minimum absolute atomic E-state index is 0.0186. The number of hydrogen-bond donors (Lipinski definition) is 3. The van der Waals surface area contributed by atoms with Gasteiger partial charge in [-0.2, -0.15) is 13.2 Å². The third kappa shape index (κ3) is 6.14. The molecule has 146 valence electrons. The second kappa shape index (κ2) is 9.09. The zero-order chi connectivity index (χ0) is 20.0. The van der Waals surface area contributed by atoms with Crippen molar-refractivity contribution >= 4 is 33.2 Å². The average Bonchev–Trinajstić information content (AvgIpc) is 2.60. The molecule has 0 atom stereocenters. The van der Waals surface area contributed by atoms with Crippen molar-refractivity contribution in [1.82, 2.24) is 0 Å². The van der Waals surface area contributed by atoms with Gasteiger partial charge in [0.25, 0.3) is 0 Å². The number of alkyl halides is 3. The van der Waals surface area contributed by atoms with E-state index in [0.29, 0.717) is 10.2 Å². The predicted molar refractivity (Wildman–Crippen MR) is 100 cm³/mol. The van der Waals surface area contributed by atoms with E-state index in [1.54, 1.807) is 12.1 Å². The summed E-state index contributed by atoms with van der Waals surface area (Å²) in [6.07, 6.45) is -4.63. The van der Waals surface area contributed by atoms with E-state index >= 15 is 0 Å². The lowest BCUT2D eigenvalue weighted by atomic mass is 10.1. The molecule has 9 heteroatoms. The Kier molecular flexibility index (Phi) is 7.09. The lowest BCUT2D eigenvalue weighted by Gasteiger charge is -2.16. The molecule has 0 unspecified atom stereocenters. The lowest BCUT2D eigenvalue weighted by Crippen LogP contribution is -2.23. The van der Waals surface area contributed by atoms with Crippen LogP contribution < -0.4 is 15.4 Å². The number of amides is 1. The third-order valence-corrected chi connectivity index (χ3v) is 4.15. The van der Waals surface area contributed by atoms with Crippen LogP contribution in [0.1, 0.15) is 11.1 Å². The van der Waals surface area contributed by atoms with Gasteiger partial charge in [-0.1, -0.05) is 6.07 Å². The van der Waals surface area contributed by atoms with Gasteiger partial charge < -0.3 is 20.5 Å². The van der Waals surface area contributed by atoms with Gasteiger partial charge in [-0.05, 0) is 58.7 Å². The van der Waals surface area contributed by atoms with Gasteiger partial charge >= 0.3 is 6.18 Å². The van der Waals surface area contributed by atoms with E-state index in [1.807, 2.05) is 13.0 Å². The van der Waals surface area contributed by atoms with E-state index in [4.69, 9.17) is 9.84 Å². The number of aliphatic hydroxyl groups excluding tert-OH is 1. The van der Waals surface area contributed by atoms with Crippen LogP contribution in [0.4, 0.5) is 24.5 Å². The summed E-state index contributed by atoms with van der Waals surface area (Å²) in [6.45, 7) is 1.12. The maximum Gasteiger partial charge on any atom is 0.418 e. The molecule has 0 fully saturated rings. The number of rotatable bonds is 7. The van der Waals surface area contributed by atoms with Gasteiger partial charge in [0, 0.05) is 10.2 Å². The molecule has 5 nitrogen and oxygen atoms in total. The maximum absolute atomic E-state index is 13.3. The van der Waals surface area contributed by atoms with Crippen LogP contribution in [0.3, 0.4) is 0 Å². The molecule has 2 aromatic rings. The highest BCUT2D eigenvalue weighted by Gasteiger charge is 2.34. The van der Waals surface area contributed by atoms with Crippen molar-refractivity contribution in [2.24, 2.45) is 0 Å². The molecule has 0 heterocycles. The van der Waals surface area contributed by atoms with E-state index < -0.39 is 17.6 Å². The van der Waals surface area contributed by atoms with Crippen LogP contribution in [0.15, 0.2) is 40.9 Å². The van der Waals surface area contributed by atoms with Crippen LogP contribution >= 0.6 is 15.9 Å². The first-order valence-electron chi connectivity index (χ1n) is 7.95. The average molecular weight is 447 g/mol.